The predicted octanol–water partition coefficient (Wildman–Crippen LogP) is 2.21. The van der Waals surface area contributed by atoms with Crippen molar-refractivity contribution in [2.75, 3.05) is 0 Å². The number of aromatic nitrogens is 2. The molecule has 0 fully saturated rings. The van der Waals surface area contributed by atoms with Gasteiger partial charge in [-0.3, -0.25) is 20.7 Å². The van der Waals surface area contributed by atoms with Gasteiger partial charge < -0.3 is 4.42 Å². The number of carbonyl (C=O) groups is 1. The molecule has 0 saturated heterocycles. The minimum Gasteiger partial charge on any atom is -0.463 e. The van der Waals surface area contributed by atoms with E-state index >= 15 is 0 Å². The molecule has 0 spiro atoms. The van der Waals surface area contributed by atoms with Crippen LogP contribution in [0.2, 0.25) is 0 Å². The molecule has 0 unspecified atom stereocenters. The molecule has 0 saturated carbocycles. The second kappa shape index (κ2) is 5.24. The van der Waals surface area contributed by atoms with Crippen LogP contribution in [0.25, 0.3) is 5.70 Å². The third-order valence-electron chi connectivity index (χ3n) is 2.76. The molecule has 106 valence electrons. The van der Waals surface area contributed by atoms with Gasteiger partial charge in [-0.15, -0.1) is 0 Å². The van der Waals surface area contributed by atoms with Crippen LogP contribution in [0, 0.1) is 0 Å². The summed E-state index contributed by atoms with van der Waals surface area (Å²) in [5.74, 6) is 0.215. The number of hydrazine groups is 1. The number of carbonyl (C=O) groups excluding carboxylic acids is 1. The molecular weight excluding hydrogens is 256 g/mol. The van der Waals surface area contributed by atoms with Crippen LogP contribution in [0.4, 0.5) is 0 Å². The first kappa shape index (κ1) is 13.9. The first-order valence-corrected chi connectivity index (χ1v) is 6.23. The first-order chi connectivity index (χ1) is 9.38. The van der Waals surface area contributed by atoms with Crippen LogP contribution in [0.3, 0.4) is 0 Å². The van der Waals surface area contributed by atoms with Crippen LogP contribution in [0.15, 0.2) is 35.5 Å². The summed E-state index contributed by atoms with van der Waals surface area (Å²) in [6, 6.07) is 5.22. The standard InChI is InChI=1S/C14H18N4O2/c1-9(11-6-5-7-20-11)15-18-13(19)10-8-12(17-16-10)14(2,3)4/h5-8,15H,1H2,2-4H3,(H,16,17)(H,18,19). The van der Waals surface area contributed by atoms with Gasteiger partial charge in [-0.25, -0.2) is 0 Å². The van der Waals surface area contributed by atoms with Gasteiger partial charge in [-0.1, -0.05) is 27.4 Å². The van der Waals surface area contributed by atoms with Crippen molar-refractivity contribution >= 4 is 11.6 Å². The highest BCUT2D eigenvalue weighted by atomic mass is 16.3. The van der Waals surface area contributed by atoms with E-state index in [0.29, 0.717) is 17.2 Å². The summed E-state index contributed by atoms with van der Waals surface area (Å²) in [6.07, 6.45) is 1.54. The Kier molecular flexibility index (Phi) is 3.65. The zero-order chi connectivity index (χ0) is 14.8. The van der Waals surface area contributed by atoms with Crippen LogP contribution >= 0.6 is 0 Å². The number of hydrogen-bond donors (Lipinski definition) is 3. The Morgan fingerprint density at radius 3 is 2.70 bits per heavy atom. The highest BCUT2D eigenvalue weighted by molar-refractivity contribution is 5.92. The lowest BCUT2D eigenvalue weighted by atomic mass is 9.92. The molecule has 2 aromatic rings. The van der Waals surface area contributed by atoms with E-state index in [2.05, 4.69) is 27.6 Å². The van der Waals surface area contributed by atoms with Crippen LogP contribution < -0.4 is 10.9 Å². The summed E-state index contributed by atoms with van der Waals surface area (Å²) < 4.78 is 5.15. The molecule has 6 nitrogen and oxygen atoms in total. The lowest BCUT2D eigenvalue weighted by molar-refractivity contribution is 0.0937. The maximum Gasteiger partial charge on any atom is 0.290 e. The normalized spacial score (nSPS) is 11.2. The minimum atomic E-state index is -0.343. The number of H-pyrrole nitrogens is 1. The molecular formula is C14H18N4O2. The number of hydrogen-bond acceptors (Lipinski definition) is 4. The van der Waals surface area contributed by atoms with Gasteiger partial charge in [0.05, 0.1) is 12.0 Å². The molecule has 0 bridgehead atoms. The Bertz CT molecular complexity index is 605. The Morgan fingerprint density at radius 1 is 1.40 bits per heavy atom. The number of rotatable bonds is 4. The van der Waals surface area contributed by atoms with Gasteiger partial charge in [0, 0.05) is 11.1 Å². The summed E-state index contributed by atoms with van der Waals surface area (Å²) >= 11 is 0. The Morgan fingerprint density at radius 2 is 2.15 bits per heavy atom. The zero-order valence-electron chi connectivity index (χ0n) is 11.8. The van der Waals surface area contributed by atoms with E-state index < -0.39 is 0 Å². The fourth-order valence-electron chi connectivity index (χ4n) is 1.53. The van der Waals surface area contributed by atoms with E-state index in [9.17, 15) is 4.79 Å². The summed E-state index contributed by atoms with van der Waals surface area (Å²) in [6.45, 7) is 9.88. The van der Waals surface area contributed by atoms with Crippen molar-refractivity contribution in [3.05, 3.63) is 48.2 Å². The highest BCUT2D eigenvalue weighted by Gasteiger charge is 2.19. The van der Waals surface area contributed by atoms with E-state index in [1.807, 2.05) is 20.8 Å². The molecule has 0 aromatic carbocycles. The Labute approximate surface area is 117 Å². The van der Waals surface area contributed by atoms with Gasteiger partial charge >= 0.3 is 0 Å². The van der Waals surface area contributed by atoms with Crippen molar-refractivity contribution in [1.29, 1.82) is 0 Å². The van der Waals surface area contributed by atoms with Crippen LogP contribution in [0.1, 0.15) is 42.7 Å². The summed E-state index contributed by atoms with van der Waals surface area (Å²) in [4.78, 5) is 11.9. The third kappa shape index (κ3) is 3.09. The van der Waals surface area contributed by atoms with Crippen LogP contribution in [-0.2, 0) is 5.41 Å². The maximum atomic E-state index is 11.9. The SMILES string of the molecule is C=C(NNC(=O)c1cc(C(C)(C)C)[nH]n1)c1ccco1. The van der Waals surface area contributed by atoms with Gasteiger partial charge in [-0.2, -0.15) is 5.10 Å². The average Bonchev–Trinajstić information content (AvgIpc) is 3.04. The monoisotopic (exact) mass is 274 g/mol. The number of nitrogens with zero attached hydrogens (tertiary/aromatic N) is 1. The number of aromatic amines is 1. The quantitative estimate of drug-likeness (QED) is 0.746. The smallest absolute Gasteiger partial charge is 0.290 e. The molecule has 0 aliphatic carbocycles. The zero-order valence-corrected chi connectivity index (χ0v) is 11.8. The maximum absolute atomic E-state index is 11.9. The van der Waals surface area contributed by atoms with Crippen molar-refractivity contribution < 1.29 is 9.21 Å². The lowest BCUT2D eigenvalue weighted by Gasteiger charge is -2.14. The van der Waals surface area contributed by atoms with Crippen molar-refractivity contribution in [3.63, 3.8) is 0 Å². The van der Waals surface area contributed by atoms with Gasteiger partial charge in [0.25, 0.3) is 5.91 Å². The number of nitrogens with one attached hydrogen (secondary N) is 3. The Hall–Kier alpha value is -2.50. The molecule has 0 radical (unpaired) electrons. The van der Waals surface area contributed by atoms with Crippen molar-refractivity contribution in [3.8, 4) is 0 Å². The molecule has 2 heterocycles. The number of amides is 1. The van der Waals surface area contributed by atoms with Gasteiger partial charge in [0.2, 0.25) is 0 Å². The van der Waals surface area contributed by atoms with Gasteiger partial charge in [0.1, 0.15) is 0 Å². The van der Waals surface area contributed by atoms with E-state index in [0.717, 1.165) is 5.69 Å². The predicted molar refractivity (Wildman–Crippen MR) is 75.6 cm³/mol. The molecule has 0 aliphatic heterocycles. The summed E-state index contributed by atoms with van der Waals surface area (Å²) in [5, 5.41) is 6.86. The van der Waals surface area contributed by atoms with Gasteiger partial charge in [0.15, 0.2) is 11.5 Å². The second-order valence-electron chi connectivity index (χ2n) is 5.45. The lowest BCUT2D eigenvalue weighted by Crippen LogP contribution is -2.36. The highest BCUT2D eigenvalue weighted by Crippen LogP contribution is 2.20. The molecule has 2 rings (SSSR count). The largest absolute Gasteiger partial charge is 0.463 e. The van der Waals surface area contributed by atoms with Crippen molar-refractivity contribution in [2.45, 2.75) is 26.2 Å². The number of furan rings is 1. The van der Waals surface area contributed by atoms with E-state index in [-0.39, 0.29) is 11.3 Å². The first-order valence-electron chi connectivity index (χ1n) is 6.23. The van der Waals surface area contributed by atoms with Crippen molar-refractivity contribution in [1.82, 2.24) is 21.0 Å². The van der Waals surface area contributed by atoms with Crippen LogP contribution in [0.5, 0.6) is 0 Å². The van der Waals surface area contributed by atoms with E-state index in [1.165, 1.54) is 6.26 Å². The van der Waals surface area contributed by atoms with Crippen LogP contribution in [-0.4, -0.2) is 16.1 Å². The Balaban J connectivity index is 1.95. The molecule has 0 aliphatic rings. The average molecular weight is 274 g/mol. The fourth-order valence-corrected chi connectivity index (χ4v) is 1.53. The molecule has 6 heteroatoms. The topological polar surface area (TPSA) is 83.0 Å². The van der Waals surface area contributed by atoms with Crippen molar-refractivity contribution in [2.24, 2.45) is 0 Å². The fraction of sp³-hybridized carbons (Fsp3) is 0.286. The summed E-state index contributed by atoms with van der Waals surface area (Å²) in [5.41, 5.74) is 6.80. The van der Waals surface area contributed by atoms with E-state index in [1.54, 1.807) is 18.2 Å². The second-order valence-corrected chi connectivity index (χ2v) is 5.45. The van der Waals surface area contributed by atoms with Gasteiger partial charge in [-0.05, 0) is 18.2 Å². The summed E-state index contributed by atoms with van der Waals surface area (Å²) in [7, 11) is 0. The molecule has 20 heavy (non-hydrogen) atoms. The minimum absolute atomic E-state index is 0.0866. The molecule has 1 amide bonds. The molecule has 3 N–H and O–H groups in total. The molecule has 2 aromatic heterocycles. The van der Waals surface area contributed by atoms with E-state index in [4.69, 9.17) is 4.42 Å². The molecule has 0 atom stereocenters. The third-order valence-corrected chi connectivity index (χ3v) is 2.76.